The Hall–Kier alpha value is 0.270. The van der Waals surface area contributed by atoms with Crippen molar-refractivity contribution in [1.82, 2.24) is 0 Å². The maximum absolute atomic E-state index is 5.52. The van der Waals surface area contributed by atoms with Crippen molar-refractivity contribution in [3.63, 3.8) is 0 Å². The fourth-order valence-electron chi connectivity index (χ4n) is 1.89. The zero-order chi connectivity index (χ0) is 7.73. The molecule has 2 N–H and O–H groups in total. The maximum atomic E-state index is 5.52. The fraction of sp³-hybridized carbons (Fsp3) is 1.00. The standard InChI is InChI=1S/C8H15NOS/c9-2-1-7-3-8(11-4-7)5-10-6-8/h7H,1-6,9H2. The average Bonchev–Trinajstić information content (AvgIpc) is 2.32. The van der Waals surface area contributed by atoms with E-state index >= 15 is 0 Å². The molecule has 1 atom stereocenters. The second kappa shape index (κ2) is 2.96. The lowest BCUT2D eigenvalue weighted by Gasteiger charge is -2.37. The first kappa shape index (κ1) is 7.90. The molecule has 0 amide bonds. The molecule has 0 aromatic rings. The molecule has 2 nitrogen and oxygen atoms in total. The smallest absolute Gasteiger partial charge is 0.0636 e. The predicted molar refractivity (Wildman–Crippen MR) is 47.8 cm³/mol. The molecular formula is C8H15NOS. The second-order valence-corrected chi connectivity index (χ2v) is 5.12. The van der Waals surface area contributed by atoms with Crippen molar-refractivity contribution in [2.45, 2.75) is 17.6 Å². The normalized spacial score (nSPS) is 34.1. The Bertz CT molecular complexity index is 147. The first-order valence-corrected chi connectivity index (χ1v) is 5.25. The summed E-state index contributed by atoms with van der Waals surface area (Å²) in [6.45, 7) is 2.82. The third-order valence-corrected chi connectivity index (χ3v) is 4.24. The summed E-state index contributed by atoms with van der Waals surface area (Å²) in [5.41, 5.74) is 5.52. The van der Waals surface area contributed by atoms with Gasteiger partial charge in [-0.1, -0.05) is 0 Å². The lowest BCUT2D eigenvalue weighted by atomic mass is 9.92. The quantitative estimate of drug-likeness (QED) is 0.672. The Morgan fingerprint density at radius 3 is 2.82 bits per heavy atom. The van der Waals surface area contributed by atoms with Crippen molar-refractivity contribution in [2.75, 3.05) is 25.5 Å². The van der Waals surface area contributed by atoms with E-state index in [1.165, 1.54) is 18.6 Å². The summed E-state index contributed by atoms with van der Waals surface area (Å²) in [6, 6.07) is 0. The van der Waals surface area contributed by atoms with E-state index in [1.807, 2.05) is 0 Å². The monoisotopic (exact) mass is 173 g/mol. The Morgan fingerprint density at radius 2 is 2.36 bits per heavy atom. The van der Waals surface area contributed by atoms with Crippen LogP contribution in [0.3, 0.4) is 0 Å². The van der Waals surface area contributed by atoms with Gasteiger partial charge in [0.25, 0.3) is 0 Å². The molecule has 2 saturated heterocycles. The summed E-state index contributed by atoms with van der Waals surface area (Å²) < 4.78 is 5.76. The molecule has 3 heteroatoms. The van der Waals surface area contributed by atoms with Crippen molar-refractivity contribution in [1.29, 1.82) is 0 Å². The van der Waals surface area contributed by atoms with E-state index in [4.69, 9.17) is 10.5 Å². The van der Waals surface area contributed by atoms with Gasteiger partial charge in [-0.2, -0.15) is 11.8 Å². The van der Waals surface area contributed by atoms with Gasteiger partial charge in [0.1, 0.15) is 0 Å². The number of hydrogen-bond donors (Lipinski definition) is 1. The topological polar surface area (TPSA) is 35.2 Å². The van der Waals surface area contributed by atoms with Crippen LogP contribution in [0.4, 0.5) is 0 Å². The highest BCUT2D eigenvalue weighted by Gasteiger charge is 2.45. The Balaban J connectivity index is 1.83. The first-order chi connectivity index (χ1) is 5.35. The van der Waals surface area contributed by atoms with Gasteiger partial charge in [-0.3, -0.25) is 0 Å². The third kappa shape index (κ3) is 1.42. The van der Waals surface area contributed by atoms with Crippen LogP contribution in [0, 0.1) is 5.92 Å². The van der Waals surface area contributed by atoms with Crippen molar-refractivity contribution in [3.8, 4) is 0 Å². The van der Waals surface area contributed by atoms with Crippen LogP contribution in [0.5, 0.6) is 0 Å². The molecule has 0 aliphatic carbocycles. The van der Waals surface area contributed by atoms with Gasteiger partial charge in [-0.05, 0) is 31.1 Å². The highest BCUT2D eigenvalue weighted by Crippen LogP contribution is 2.47. The predicted octanol–water partition coefficient (Wildman–Crippen LogP) is 0.857. The van der Waals surface area contributed by atoms with E-state index in [0.717, 1.165) is 25.7 Å². The molecule has 0 saturated carbocycles. The molecule has 2 rings (SSSR count). The van der Waals surface area contributed by atoms with E-state index in [1.54, 1.807) is 0 Å². The van der Waals surface area contributed by atoms with Crippen LogP contribution in [-0.4, -0.2) is 30.3 Å². The lowest BCUT2D eigenvalue weighted by molar-refractivity contribution is -0.0135. The van der Waals surface area contributed by atoms with Gasteiger partial charge >= 0.3 is 0 Å². The molecule has 0 aromatic carbocycles. The minimum Gasteiger partial charge on any atom is -0.378 e. The van der Waals surface area contributed by atoms with Gasteiger partial charge < -0.3 is 10.5 Å². The molecule has 0 radical (unpaired) electrons. The van der Waals surface area contributed by atoms with E-state index in [-0.39, 0.29) is 0 Å². The van der Waals surface area contributed by atoms with Gasteiger partial charge in [0, 0.05) is 0 Å². The largest absolute Gasteiger partial charge is 0.378 e. The molecule has 2 heterocycles. The van der Waals surface area contributed by atoms with Crippen LogP contribution in [0.25, 0.3) is 0 Å². The highest BCUT2D eigenvalue weighted by atomic mass is 32.2. The summed E-state index contributed by atoms with van der Waals surface area (Å²) in [5, 5.41) is 0. The zero-order valence-corrected chi connectivity index (χ0v) is 7.53. The summed E-state index contributed by atoms with van der Waals surface area (Å²) in [4.78, 5) is 0. The second-order valence-electron chi connectivity index (χ2n) is 3.63. The Labute approximate surface area is 71.9 Å². The molecule has 2 aliphatic heterocycles. The van der Waals surface area contributed by atoms with E-state index in [0.29, 0.717) is 4.75 Å². The molecule has 0 aromatic heterocycles. The van der Waals surface area contributed by atoms with Crippen molar-refractivity contribution in [2.24, 2.45) is 11.7 Å². The van der Waals surface area contributed by atoms with Crippen LogP contribution in [0.1, 0.15) is 12.8 Å². The van der Waals surface area contributed by atoms with E-state index in [2.05, 4.69) is 11.8 Å². The number of hydrogen-bond acceptors (Lipinski definition) is 3. The van der Waals surface area contributed by atoms with Gasteiger partial charge in [0.2, 0.25) is 0 Å². The van der Waals surface area contributed by atoms with Crippen molar-refractivity contribution >= 4 is 11.8 Å². The van der Waals surface area contributed by atoms with Gasteiger partial charge in [-0.25, -0.2) is 0 Å². The Morgan fingerprint density at radius 1 is 1.55 bits per heavy atom. The van der Waals surface area contributed by atoms with Gasteiger partial charge in [-0.15, -0.1) is 0 Å². The van der Waals surface area contributed by atoms with Gasteiger partial charge in [0.15, 0.2) is 0 Å². The summed E-state index contributed by atoms with van der Waals surface area (Å²) >= 11 is 2.10. The first-order valence-electron chi connectivity index (χ1n) is 4.26. The summed E-state index contributed by atoms with van der Waals surface area (Å²) in [6.07, 6.45) is 2.55. The van der Waals surface area contributed by atoms with Crippen molar-refractivity contribution < 1.29 is 4.74 Å². The molecule has 0 bridgehead atoms. The molecule has 64 valence electrons. The molecule has 11 heavy (non-hydrogen) atoms. The van der Waals surface area contributed by atoms with Crippen LogP contribution < -0.4 is 5.73 Å². The molecule has 1 spiro atoms. The molecular weight excluding hydrogens is 158 g/mol. The van der Waals surface area contributed by atoms with Crippen LogP contribution in [0.15, 0.2) is 0 Å². The summed E-state index contributed by atoms with van der Waals surface area (Å²) in [5.74, 6) is 2.18. The van der Waals surface area contributed by atoms with Gasteiger partial charge in [0.05, 0.1) is 18.0 Å². The van der Waals surface area contributed by atoms with Crippen molar-refractivity contribution in [3.05, 3.63) is 0 Å². The Kier molecular flexibility index (Phi) is 2.12. The minimum atomic E-state index is 0.528. The molecule has 1 unspecified atom stereocenters. The molecule has 2 aliphatic rings. The maximum Gasteiger partial charge on any atom is 0.0636 e. The highest BCUT2D eigenvalue weighted by molar-refractivity contribution is 8.01. The van der Waals surface area contributed by atoms with E-state index < -0.39 is 0 Å². The number of ether oxygens (including phenoxy) is 1. The molecule has 2 fully saturated rings. The van der Waals surface area contributed by atoms with Crippen LogP contribution >= 0.6 is 11.8 Å². The lowest BCUT2D eigenvalue weighted by Crippen LogP contribution is -2.44. The minimum absolute atomic E-state index is 0.528. The third-order valence-electron chi connectivity index (χ3n) is 2.59. The fourth-order valence-corrected chi connectivity index (χ4v) is 3.45. The summed E-state index contributed by atoms with van der Waals surface area (Å²) in [7, 11) is 0. The van der Waals surface area contributed by atoms with E-state index in [9.17, 15) is 0 Å². The number of nitrogens with two attached hydrogens (primary N) is 1. The number of rotatable bonds is 2. The number of thioether (sulfide) groups is 1. The van der Waals surface area contributed by atoms with Crippen LogP contribution in [-0.2, 0) is 4.74 Å². The average molecular weight is 173 g/mol. The SMILES string of the molecule is NCCC1CSC2(COC2)C1. The van der Waals surface area contributed by atoms with Crippen LogP contribution in [0.2, 0.25) is 0 Å². The zero-order valence-electron chi connectivity index (χ0n) is 6.71.